The molecule has 1 aromatic carbocycles. The molecule has 1 aliphatic heterocycles. The van der Waals surface area contributed by atoms with Gasteiger partial charge in [0.15, 0.2) is 0 Å². The zero-order valence-corrected chi connectivity index (χ0v) is 15.6. The quantitative estimate of drug-likeness (QED) is 0.540. The first-order valence-corrected chi connectivity index (χ1v) is 8.92. The highest BCUT2D eigenvalue weighted by molar-refractivity contribution is 6.34. The van der Waals surface area contributed by atoms with Crippen molar-refractivity contribution < 1.29 is 14.0 Å². The molecule has 1 aliphatic rings. The first-order valence-electron chi connectivity index (χ1n) is 8.92. The molecule has 142 valence electrons. The standard InChI is InChI=1S/C20H23FN4O2/c1-4-22-7-8-23-20(27)18-12(2)10-25(13(18)3)11-16-15-9-14(21)5-6-17(15)24-19(16)26/h5-6,9-11,22H,4,7-8H2,1-3H3,(H,23,27)(H,24,26). The number of benzene rings is 1. The Morgan fingerprint density at radius 2 is 2.07 bits per heavy atom. The van der Waals surface area contributed by atoms with E-state index in [9.17, 15) is 14.0 Å². The second-order valence-corrected chi connectivity index (χ2v) is 6.48. The fourth-order valence-corrected chi connectivity index (χ4v) is 3.22. The van der Waals surface area contributed by atoms with Crippen LogP contribution < -0.4 is 16.0 Å². The number of nitrogens with one attached hydrogen (secondary N) is 3. The maximum absolute atomic E-state index is 13.6. The Balaban J connectivity index is 1.89. The van der Waals surface area contributed by atoms with E-state index >= 15 is 0 Å². The highest BCUT2D eigenvalue weighted by atomic mass is 19.1. The minimum absolute atomic E-state index is 0.151. The molecule has 0 aliphatic carbocycles. The lowest BCUT2D eigenvalue weighted by atomic mass is 10.1. The van der Waals surface area contributed by atoms with Crippen molar-refractivity contribution in [3.8, 4) is 0 Å². The first kappa shape index (κ1) is 18.8. The Labute approximate surface area is 157 Å². The van der Waals surface area contributed by atoms with E-state index in [0.717, 1.165) is 17.8 Å². The van der Waals surface area contributed by atoms with Gasteiger partial charge in [-0.2, -0.15) is 0 Å². The van der Waals surface area contributed by atoms with Crippen LogP contribution in [0.25, 0.3) is 11.8 Å². The van der Waals surface area contributed by atoms with Gasteiger partial charge < -0.3 is 20.5 Å². The molecular formula is C20H23FN4O2. The van der Waals surface area contributed by atoms with Gasteiger partial charge in [0.2, 0.25) is 0 Å². The third-order valence-corrected chi connectivity index (χ3v) is 4.57. The van der Waals surface area contributed by atoms with Gasteiger partial charge in [0.05, 0.1) is 11.1 Å². The molecule has 0 saturated carbocycles. The Kier molecular flexibility index (Phi) is 5.41. The lowest BCUT2D eigenvalue weighted by molar-refractivity contribution is -0.110. The molecule has 0 atom stereocenters. The smallest absolute Gasteiger partial charge is 0.257 e. The van der Waals surface area contributed by atoms with Crippen molar-refractivity contribution >= 4 is 29.3 Å². The Bertz CT molecular complexity index is 930. The summed E-state index contributed by atoms with van der Waals surface area (Å²) in [5, 5.41) is 8.77. The molecule has 0 radical (unpaired) electrons. The average Bonchev–Trinajstić information content (AvgIpc) is 3.08. The number of nitrogens with zero attached hydrogens (tertiary/aromatic N) is 1. The first-order chi connectivity index (χ1) is 12.9. The summed E-state index contributed by atoms with van der Waals surface area (Å²) in [6.45, 7) is 7.77. The summed E-state index contributed by atoms with van der Waals surface area (Å²) in [6.07, 6.45) is 3.43. The number of anilines is 1. The van der Waals surface area contributed by atoms with Crippen LogP contribution in [0.15, 0.2) is 24.4 Å². The van der Waals surface area contributed by atoms with E-state index in [1.54, 1.807) is 23.0 Å². The monoisotopic (exact) mass is 370 g/mol. The van der Waals surface area contributed by atoms with Crippen molar-refractivity contribution in [2.75, 3.05) is 25.0 Å². The van der Waals surface area contributed by atoms with Gasteiger partial charge in [-0.1, -0.05) is 6.92 Å². The van der Waals surface area contributed by atoms with E-state index in [2.05, 4.69) is 16.0 Å². The van der Waals surface area contributed by atoms with E-state index in [-0.39, 0.29) is 11.8 Å². The summed E-state index contributed by atoms with van der Waals surface area (Å²) in [5.41, 5.74) is 3.57. The zero-order valence-electron chi connectivity index (χ0n) is 15.6. The molecule has 0 unspecified atom stereocenters. The third-order valence-electron chi connectivity index (χ3n) is 4.57. The van der Waals surface area contributed by atoms with Crippen molar-refractivity contribution in [2.24, 2.45) is 0 Å². The number of hydrogen-bond donors (Lipinski definition) is 3. The lowest BCUT2D eigenvalue weighted by Crippen LogP contribution is -2.32. The number of aryl methyl sites for hydroxylation is 1. The maximum Gasteiger partial charge on any atom is 0.257 e. The van der Waals surface area contributed by atoms with Crippen LogP contribution in [0.1, 0.15) is 34.1 Å². The summed E-state index contributed by atoms with van der Waals surface area (Å²) in [4.78, 5) is 24.8. The predicted octanol–water partition coefficient (Wildman–Crippen LogP) is 2.53. The number of hydrogen-bond acceptors (Lipinski definition) is 3. The van der Waals surface area contributed by atoms with Gasteiger partial charge in [-0.05, 0) is 44.2 Å². The fourth-order valence-electron chi connectivity index (χ4n) is 3.22. The third kappa shape index (κ3) is 3.78. The van der Waals surface area contributed by atoms with Gasteiger partial charge in [0.25, 0.3) is 11.8 Å². The van der Waals surface area contributed by atoms with Crippen molar-refractivity contribution in [3.05, 3.63) is 52.6 Å². The van der Waals surface area contributed by atoms with E-state index in [4.69, 9.17) is 0 Å². The molecule has 0 spiro atoms. The lowest BCUT2D eigenvalue weighted by Gasteiger charge is -2.07. The molecule has 6 nitrogen and oxygen atoms in total. The highest BCUT2D eigenvalue weighted by Gasteiger charge is 2.25. The minimum atomic E-state index is -0.405. The maximum atomic E-state index is 13.6. The van der Waals surface area contributed by atoms with Crippen LogP contribution in [-0.4, -0.2) is 36.0 Å². The molecule has 7 heteroatoms. The van der Waals surface area contributed by atoms with Crippen molar-refractivity contribution in [2.45, 2.75) is 20.8 Å². The molecule has 3 N–H and O–H groups in total. The normalized spacial score (nSPS) is 14.4. The summed E-state index contributed by atoms with van der Waals surface area (Å²) >= 11 is 0. The topological polar surface area (TPSA) is 75.2 Å². The van der Waals surface area contributed by atoms with Gasteiger partial charge in [-0.15, -0.1) is 0 Å². The highest BCUT2D eigenvalue weighted by Crippen LogP contribution is 2.33. The van der Waals surface area contributed by atoms with Gasteiger partial charge in [-0.25, -0.2) is 4.39 Å². The van der Waals surface area contributed by atoms with Crippen LogP contribution in [0.2, 0.25) is 0 Å². The molecule has 0 saturated heterocycles. The van der Waals surface area contributed by atoms with E-state index in [1.165, 1.54) is 12.1 Å². The Morgan fingerprint density at radius 3 is 2.81 bits per heavy atom. The van der Waals surface area contributed by atoms with Crippen molar-refractivity contribution in [1.82, 2.24) is 15.2 Å². The number of rotatable bonds is 6. The van der Waals surface area contributed by atoms with Gasteiger partial charge in [0.1, 0.15) is 5.82 Å². The number of likely N-dealkylation sites (N-methyl/N-ethyl adjacent to an activating group) is 1. The average molecular weight is 370 g/mol. The number of carbonyl (C=O) groups excluding carboxylic acids is 2. The number of amides is 2. The van der Waals surface area contributed by atoms with Crippen LogP contribution in [0.4, 0.5) is 10.1 Å². The zero-order chi connectivity index (χ0) is 19.6. The molecule has 27 heavy (non-hydrogen) atoms. The van der Waals surface area contributed by atoms with E-state index in [0.29, 0.717) is 35.5 Å². The van der Waals surface area contributed by atoms with E-state index < -0.39 is 5.82 Å². The second-order valence-electron chi connectivity index (χ2n) is 6.48. The van der Waals surface area contributed by atoms with Crippen molar-refractivity contribution in [3.63, 3.8) is 0 Å². The minimum Gasteiger partial charge on any atom is -0.351 e. The molecule has 0 fully saturated rings. The Hall–Kier alpha value is -2.93. The van der Waals surface area contributed by atoms with Crippen LogP contribution in [0.5, 0.6) is 0 Å². The summed E-state index contributed by atoms with van der Waals surface area (Å²) in [6, 6.07) is 4.18. The summed E-state index contributed by atoms with van der Waals surface area (Å²) in [7, 11) is 0. The van der Waals surface area contributed by atoms with Crippen LogP contribution in [0.3, 0.4) is 0 Å². The largest absolute Gasteiger partial charge is 0.351 e. The molecule has 1 aromatic heterocycles. The SMILES string of the molecule is CCNCCNC(=O)c1c(C)cn(C=C2C(=O)Nc3ccc(F)cc32)c1C. The van der Waals surface area contributed by atoms with Crippen LogP contribution in [-0.2, 0) is 4.79 Å². The molecule has 0 bridgehead atoms. The van der Waals surface area contributed by atoms with Gasteiger partial charge in [0, 0.05) is 42.4 Å². The van der Waals surface area contributed by atoms with Crippen LogP contribution >= 0.6 is 0 Å². The number of halogens is 1. The summed E-state index contributed by atoms with van der Waals surface area (Å²) in [5.74, 6) is -0.849. The van der Waals surface area contributed by atoms with E-state index in [1.807, 2.05) is 20.8 Å². The molecule has 3 rings (SSSR count). The second kappa shape index (κ2) is 7.75. The Morgan fingerprint density at radius 1 is 1.30 bits per heavy atom. The number of aromatic nitrogens is 1. The van der Waals surface area contributed by atoms with Crippen LogP contribution in [0, 0.1) is 19.7 Å². The molecule has 2 amide bonds. The molecule has 2 aromatic rings. The van der Waals surface area contributed by atoms with Crippen molar-refractivity contribution in [1.29, 1.82) is 0 Å². The van der Waals surface area contributed by atoms with Gasteiger partial charge in [-0.3, -0.25) is 9.59 Å². The summed E-state index contributed by atoms with van der Waals surface area (Å²) < 4.78 is 15.3. The number of carbonyl (C=O) groups is 2. The number of fused-ring (bicyclic) bond motifs is 1. The molecular weight excluding hydrogens is 347 g/mol. The predicted molar refractivity (Wildman–Crippen MR) is 104 cm³/mol. The molecule has 2 heterocycles. The fraction of sp³-hybridized carbons (Fsp3) is 0.300. The van der Waals surface area contributed by atoms with Gasteiger partial charge >= 0.3 is 0 Å².